The summed E-state index contributed by atoms with van der Waals surface area (Å²) in [5.74, 6) is 1.19. The molecule has 1 aromatic carbocycles. The minimum atomic E-state index is -0.210. The summed E-state index contributed by atoms with van der Waals surface area (Å²) in [4.78, 5) is 12.4. The van der Waals surface area contributed by atoms with E-state index in [9.17, 15) is 4.39 Å². The summed E-state index contributed by atoms with van der Waals surface area (Å²) in [6.07, 6.45) is 1.70. The summed E-state index contributed by atoms with van der Waals surface area (Å²) in [5.41, 5.74) is 0.629. The van der Waals surface area contributed by atoms with E-state index in [4.69, 9.17) is 0 Å². The molecule has 0 aliphatic heterocycles. The van der Waals surface area contributed by atoms with Crippen molar-refractivity contribution in [2.75, 3.05) is 30.9 Å². The highest BCUT2D eigenvalue weighted by atomic mass is 19.1. The van der Waals surface area contributed by atoms with Gasteiger partial charge in [-0.05, 0) is 12.1 Å². The third kappa shape index (κ3) is 3.19. The first-order valence-electron chi connectivity index (χ1n) is 6.03. The molecule has 0 bridgehead atoms. The monoisotopic (exact) mass is 260 g/mol. The molecule has 2 aromatic rings. The first kappa shape index (κ1) is 13.3. The Morgan fingerprint density at radius 1 is 1.11 bits per heavy atom. The fourth-order valence-electron chi connectivity index (χ4n) is 1.73. The van der Waals surface area contributed by atoms with Gasteiger partial charge in [0.2, 0.25) is 5.95 Å². The summed E-state index contributed by atoms with van der Waals surface area (Å²) < 4.78 is 13.6. The van der Waals surface area contributed by atoms with Crippen LogP contribution in [0.1, 0.15) is 5.56 Å². The first-order chi connectivity index (χ1) is 9.08. The van der Waals surface area contributed by atoms with E-state index in [0.29, 0.717) is 18.1 Å². The van der Waals surface area contributed by atoms with Crippen molar-refractivity contribution in [1.29, 1.82) is 0 Å². The molecule has 0 fully saturated rings. The van der Waals surface area contributed by atoms with Crippen LogP contribution in [0, 0.1) is 5.82 Å². The van der Waals surface area contributed by atoms with Crippen molar-refractivity contribution in [2.24, 2.45) is 0 Å². The van der Waals surface area contributed by atoms with Crippen LogP contribution in [-0.2, 0) is 6.54 Å². The van der Waals surface area contributed by atoms with E-state index >= 15 is 0 Å². The van der Waals surface area contributed by atoms with Crippen LogP contribution in [0.15, 0.2) is 36.5 Å². The van der Waals surface area contributed by atoms with Gasteiger partial charge in [-0.1, -0.05) is 18.2 Å². The molecular formula is C14H17FN4. The minimum Gasteiger partial charge on any atom is -0.363 e. The topological polar surface area (TPSA) is 32.3 Å². The second-order valence-corrected chi connectivity index (χ2v) is 4.56. The van der Waals surface area contributed by atoms with Crippen LogP contribution in [0.3, 0.4) is 0 Å². The third-order valence-electron chi connectivity index (χ3n) is 2.79. The van der Waals surface area contributed by atoms with Crippen molar-refractivity contribution >= 4 is 11.8 Å². The first-order valence-corrected chi connectivity index (χ1v) is 6.03. The zero-order valence-corrected chi connectivity index (χ0v) is 11.3. The van der Waals surface area contributed by atoms with Crippen molar-refractivity contribution < 1.29 is 4.39 Å². The molecule has 0 radical (unpaired) electrons. The lowest BCUT2D eigenvalue weighted by Gasteiger charge is -2.19. The largest absolute Gasteiger partial charge is 0.363 e. The highest BCUT2D eigenvalue weighted by Crippen LogP contribution is 2.15. The van der Waals surface area contributed by atoms with Crippen LogP contribution in [0.2, 0.25) is 0 Å². The van der Waals surface area contributed by atoms with E-state index < -0.39 is 0 Å². The van der Waals surface area contributed by atoms with Crippen molar-refractivity contribution in [3.8, 4) is 0 Å². The Morgan fingerprint density at radius 2 is 1.84 bits per heavy atom. The van der Waals surface area contributed by atoms with Gasteiger partial charge < -0.3 is 9.80 Å². The van der Waals surface area contributed by atoms with Gasteiger partial charge in [-0.2, -0.15) is 4.98 Å². The molecule has 5 heteroatoms. The SMILES string of the molecule is CN(C)c1ccnc(N(C)Cc2ccccc2F)n1. The fraction of sp³-hybridized carbons (Fsp3) is 0.286. The number of hydrogen-bond donors (Lipinski definition) is 0. The van der Waals surface area contributed by atoms with Crippen LogP contribution in [0.5, 0.6) is 0 Å². The van der Waals surface area contributed by atoms with E-state index in [-0.39, 0.29) is 5.82 Å². The number of halogens is 1. The third-order valence-corrected chi connectivity index (χ3v) is 2.79. The summed E-state index contributed by atoms with van der Waals surface area (Å²) >= 11 is 0. The number of benzene rings is 1. The predicted molar refractivity (Wildman–Crippen MR) is 74.9 cm³/mol. The second-order valence-electron chi connectivity index (χ2n) is 4.56. The number of anilines is 2. The summed E-state index contributed by atoms with van der Waals surface area (Å²) in [7, 11) is 5.69. The molecule has 2 rings (SSSR count). The molecule has 0 amide bonds. The maximum Gasteiger partial charge on any atom is 0.227 e. The average molecular weight is 260 g/mol. The van der Waals surface area contributed by atoms with Gasteiger partial charge in [-0.25, -0.2) is 9.37 Å². The Kier molecular flexibility index (Phi) is 3.94. The van der Waals surface area contributed by atoms with Crippen LogP contribution in [0.4, 0.5) is 16.2 Å². The molecule has 0 aliphatic carbocycles. The molecular weight excluding hydrogens is 243 g/mol. The molecule has 0 atom stereocenters. The molecule has 0 spiro atoms. The molecule has 1 heterocycles. The molecule has 0 saturated heterocycles. The molecule has 0 N–H and O–H groups in total. The van der Waals surface area contributed by atoms with Crippen molar-refractivity contribution in [2.45, 2.75) is 6.54 Å². The van der Waals surface area contributed by atoms with Gasteiger partial charge in [0.1, 0.15) is 11.6 Å². The normalized spacial score (nSPS) is 10.3. The van der Waals surface area contributed by atoms with Crippen LogP contribution < -0.4 is 9.80 Å². The summed E-state index contributed by atoms with van der Waals surface area (Å²) in [6.45, 7) is 0.434. The summed E-state index contributed by atoms with van der Waals surface area (Å²) in [5, 5.41) is 0. The number of nitrogens with zero attached hydrogens (tertiary/aromatic N) is 4. The van der Waals surface area contributed by atoms with Crippen LogP contribution in [0.25, 0.3) is 0 Å². The molecule has 1 aromatic heterocycles. The molecule has 0 aliphatic rings. The Labute approximate surface area is 112 Å². The van der Waals surface area contributed by atoms with Gasteiger partial charge in [-0.3, -0.25) is 0 Å². The quantitative estimate of drug-likeness (QED) is 0.844. The lowest BCUT2D eigenvalue weighted by Crippen LogP contribution is -2.21. The standard InChI is InChI=1S/C14H17FN4/c1-18(2)13-8-9-16-14(17-13)19(3)10-11-6-4-5-7-12(11)15/h4-9H,10H2,1-3H3. The van der Waals surface area contributed by atoms with E-state index in [2.05, 4.69) is 9.97 Å². The number of hydrogen-bond acceptors (Lipinski definition) is 4. The van der Waals surface area contributed by atoms with Crippen molar-refractivity contribution in [3.05, 3.63) is 47.9 Å². The van der Waals surface area contributed by atoms with Crippen molar-refractivity contribution in [1.82, 2.24) is 9.97 Å². The Bertz CT molecular complexity index is 557. The zero-order valence-electron chi connectivity index (χ0n) is 11.3. The van der Waals surface area contributed by atoms with Gasteiger partial charge in [0.05, 0.1) is 0 Å². The Morgan fingerprint density at radius 3 is 2.53 bits per heavy atom. The Balaban J connectivity index is 2.18. The lowest BCUT2D eigenvalue weighted by molar-refractivity contribution is 0.607. The molecule has 100 valence electrons. The highest BCUT2D eigenvalue weighted by Gasteiger charge is 2.09. The van der Waals surface area contributed by atoms with Gasteiger partial charge in [-0.15, -0.1) is 0 Å². The van der Waals surface area contributed by atoms with E-state index in [1.165, 1.54) is 6.07 Å². The van der Waals surface area contributed by atoms with Gasteiger partial charge in [0, 0.05) is 39.4 Å². The molecule has 4 nitrogen and oxygen atoms in total. The smallest absolute Gasteiger partial charge is 0.227 e. The van der Waals surface area contributed by atoms with Crippen molar-refractivity contribution in [3.63, 3.8) is 0 Å². The van der Waals surface area contributed by atoms with Crippen LogP contribution in [-0.4, -0.2) is 31.1 Å². The highest BCUT2D eigenvalue weighted by molar-refractivity contribution is 5.42. The maximum absolute atomic E-state index is 13.6. The predicted octanol–water partition coefficient (Wildman–Crippen LogP) is 2.32. The fourth-order valence-corrected chi connectivity index (χ4v) is 1.73. The molecule has 0 saturated carbocycles. The second kappa shape index (κ2) is 5.65. The maximum atomic E-state index is 13.6. The lowest BCUT2D eigenvalue weighted by atomic mass is 10.2. The van der Waals surface area contributed by atoms with E-state index in [1.807, 2.05) is 43.1 Å². The Hall–Kier alpha value is -2.17. The van der Waals surface area contributed by atoms with Crippen LogP contribution >= 0.6 is 0 Å². The average Bonchev–Trinajstić information content (AvgIpc) is 2.41. The van der Waals surface area contributed by atoms with Gasteiger partial charge in [0.15, 0.2) is 0 Å². The van der Waals surface area contributed by atoms with E-state index in [0.717, 1.165) is 5.82 Å². The number of aromatic nitrogens is 2. The van der Waals surface area contributed by atoms with Gasteiger partial charge in [0.25, 0.3) is 0 Å². The van der Waals surface area contributed by atoms with E-state index in [1.54, 1.807) is 18.3 Å². The minimum absolute atomic E-state index is 0.210. The van der Waals surface area contributed by atoms with Gasteiger partial charge >= 0.3 is 0 Å². The molecule has 0 unspecified atom stereocenters. The molecule has 19 heavy (non-hydrogen) atoms. The zero-order chi connectivity index (χ0) is 13.8. The summed E-state index contributed by atoms with van der Waals surface area (Å²) in [6, 6.07) is 8.56. The number of rotatable bonds is 4.